The highest BCUT2D eigenvalue weighted by atomic mass is 79.9. The van der Waals surface area contributed by atoms with Gasteiger partial charge in [0.1, 0.15) is 0 Å². The van der Waals surface area contributed by atoms with Crippen LogP contribution in [0.25, 0.3) is 0 Å². The average molecular weight is 333 g/mol. The number of halogens is 1. The molecule has 1 aromatic rings. The molecule has 0 radical (unpaired) electrons. The van der Waals surface area contributed by atoms with Crippen LogP contribution in [0, 0.1) is 0 Å². The minimum atomic E-state index is -2.98. The van der Waals surface area contributed by atoms with Crippen molar-refractivity contribution in [2.45, 2.75) is 18.4 Å². The molecule has 1 saturated heterocycles. The van der Waals surface area contributed by atoms with Gasteiger partial charge in [0.15, 0.2) is 9.84 Å². The summed E-state index contributed by atoms with van der Waals surface area (Å²) < 4.78 is 24.5. The fourth-order valence-corrected chi connectivity index (χ4v) is 4.51. The molecule has 1 aromatic carbocycles. The molecule has 0 bridgehead atoms. The Morgan fingerprint density at radius 3 is 2.56 bits per heavy atom. The molecular formula is C12H17BrN2O2S. The minimum Gasteiger partial charge on any atom is -0.377 e. The second-order valence-electron chi connectivity index (χ2n) is 4.81. The van der Waals surface area contributed by atoms with E-state index in [0.29, 0.717) is 13.0 Å². The molecule has 0 aliphatic carbocycles. The number of anilines is 1. The Hall–Kier alpha value is -0.590. The number of sulfone groups is 1. The molecule has 6 heteroatoms. The van der Waals surface area contributed by atoms with E-state index in [1.54, 1.807) is 0 Å². The summed E-state index contributed by atoms with van der Waals surface area (Å²) >= 11 is 3.37. The zero-order valence-corrected chi connectivity index (χ0v) is 12.4. The average Bonchev–Trinajstić information content (AvgIpc) is 2.31. The fraction of sp³-hybridized carbons (Fsp3) is 0.500. The van der Waals surface area contributed by atoms with Gasteiger partial charge in [0.2, 0.25) is 0 Å². The zero-order valence-electron chi connectivity index (χ0n) is 10.0. The number of benzene rings is 1. The molecule has 1 aliphatic heterocycles. The number of nitrogens with two attached hydrogens (primary N) is 1. The van der Waals surface area contributed by atoms with Crippen molar-refractivity contribution >= 4 is 31.5 Å². The van der Waals surface area contributed by atoms with Gasteiger partial charge >= 0.3 is 0 Å². The molecule has 1 fully saturated rings. The summed E-state index contributed by atoms with van der Waals surface area (Å²) in [6.45, 7) is 0.322. The lowest BCUT2D eigenvalue weighted by atomic mass is 9.95. The van der Waals surface area contributed by atoms with E-state index < -0.39 is 15.4 Å². The van der Waals surface area contributed by atoms with Crippen LogP contribution in [0.1, 0.15) is 12.8 Å². The number of hydrogen-bond donors (Lipinski definition) is 2. The fourth-order valence-electron chi connectivity index (χ4n) is 2.35. The Labute approximate surface area is 116 Å². The van der Waals surface area contributed by atoms with Crippen molar-refractivity contribution in [3.05, 3.63) is 28.7 Å². The minimum absolute atomic E-state index is 0.118. The highest BCUT2D eigenvalue weighted by Crippen LogP contribution is 2.27. The Balaban J connectivity index is 2.20. The van der Waals surface area contributed by atoms with Gasteiger partial charge in [-0.05, 0) is 37.1 Å². The standard InChI is InChI=1S/C12H17BrN2O2S/c13-10-2-4-11(5-3-10)15-12(8-14)6-1-7-18(16,17)9-12/h2-5,15H,1,6-9,14H2. The summed E-state index contributed by atoms with van der Waals surface area (Å²) in [7, 11) is -2.98. The molecule has 0 saturated carbocycles. The van der Waals surface area contributed by atoms with Gasteiger partial charge < -0.3 is 11.1 Å². The van der Waals surface area contributed by atoms with Crippen LogP contribution in [0.15, 0.2) is 28.7 Å². The van der Waals surface area contributed by atoms with E-state index in [0.717, 1.165) is 16.6 Å². The van der Waals surface area contributed by atoms with Gasteiger partial charge in [-0.15, -0.1) is 0 Å². The maximum atomic E-state index is 11.8. The Morgan fingerprint density at radius 2 is 2.00 bits per heavy atom. The zero-order chi connectivity index (χ0) is 13.2. The lowest BCUT2D eigenvalue weighted by Crippen LogP contribution is -2.53. The van der Waals surface area contributed by atoms with Crippen molar-refractivity contribution in [2.24, 2.45) is 5.73 Å². The van der Waals surface area contributed by atoms with Crippen LogP contribution in [0.5, 0.6) is 0 Å². The molecule has 0 spiro atoms. The molecular weight excluding hydrogens is 316 g/mol. The summed E-state index contributed by atoms with van der Waals surface area (Å²) in [6.07, 6.45) is 1.46. The van der Waals surface area contributed by atoms with E-state index >= 15 is 0 Å². The molecule has 0 amide bonds. The summed E-state index contributed by atoms with van der Waals surface area (Å²) in [6, 6.07) is 7.68. The smallest absolute Gasteiger partial charge is 0.152 e. The molecule has 1 unspecified atom stereocenters. The normalized spacial score (nSPS) is 26.8. The van der Waals surface area contributed by atoms with Crippen molar-refractivity contribution < 1.29 is 8.42 Å². The first kappa shape index (κ1) is 13.8. The summed E-state index contributed by atoms with van der Waals surface area (Å²) in [5.41, 5.74) is 6.18. The van der Waals surface area contributed by atoms with Crippen LogP contribution in [0.3, 0.4) is 0 Å². The third-order valence-electron chi connectivity index (χ3n) is 3.25. The van der Waals surface area contributed by atoms with E-state index in [9.17, 15) is 8.42 Å². The van der Waals surface area contributed by atoms with E-state index in [2.05, 4.69) is 21.2 Å². The van der Waals surface area contributed by atoms with Crippen LogP contribution in [0.4, 0.5) is 5.69 Å². The third-order valence-corrected chi connectivity index (χ3v) is 5.68. The lowest BCUT2D eigenvalue weighted by Gasteiger charge is -2.37. The summed E-state index contributed by atoms with van der Waals surface area (Å²) in [5, 5.41) is 3.30. The van der Waals surface area contributed by atoms with Gasteiger partial charge in [0, 0.05) is 16.7 Å². The summed E-state index contributed by atoms with van der Waals surface area (Å²) in [4.78, 5) is 0. The van der Waals surface area contributed by atoms with Crippen molar-refractivity contribution in [1.29, 1.82) is 0 Å². The largest absolute Gasteiger partial charge is 0.377 e. The SMILES string of the molecule is NCC1(Nc2ccc(Br)cc2)CCCS(=O)(=O)C1. The van der Waals surface area contributed by atoms with Crippen LogP contribution in [0.2, 0.25) is 0 Å². The number of nitrogens with one attached hydrogen (secondary N) is 1. The van der Waals surface area contributed by atoms with E-state index in [-0.39, 0.29) is 11.5 Å². The van der Waals surface area contributed by atoms with Gasteiger partial charge in [0.05, 0.1) is 17.0 Å². The van der Waals surface area contributed by atoms with E-state index in [4.69, 9.17) is 5.73 Å². The highest BCUT2D eigenvalue weighted by molar-refractivity contribution is 9.10. The van der Waals surface area contributed by atoms with Gasteiger partial charge in [-0.2, -0.15) is 0 Å². The first-order chi connectivity index (χ1) is 8.45. The number of rotatable bonds is 3. The molecule has 1 heterocycles. The molecule has 1 aliphatic rings. The molecule has 3 N–H and O–H groups in total. The molecule has 0 aromatic heterocycles. The van der Waals surface area contributed by atoms with Crippen LogP contribution in [-0.4, -0.2) is 32.0 Å². The molecule has 100 valence electrons. The predicted molar refractivity (Wildman–Crippen MR) is 77.4 cm³/mol. The maximum Gasteiger partial charge on any atom is 0.152 e. The van der Waals surface area contributed by atoms with Crippen molar-refractivity contribution in [2.75, 3.05) is 23.4 Å². The van der Waals surface area contributed by atoms with Crippen LogP contribution in [-0.2, 0) is 9.84 Å². The first-order valence-corrected chi connectivity index (χ1v) is 8.50. The lowest BCUT2D eigenvalue weighted by molar-refractivity contribution is 0.450. The Bertz CT molecular complexity index is 515. The number of hydrogen-bond acceptors (Lipinski definition) is 4. The molecule has 2 rings (SSSR count). The second kappa shape index (κ2) is 5.19. The Kier molecular flexibility index (Phi) is 3.99. The van der Waals surface area contributed by atoms with E-state index in [1.807, 2.05) is 24.3 Å². The molecule has 18 heavy (non-hydrogen) atoms. The van der Waals surface area contributed by atoms with Crippen molar-refractivity contribution in [1.82, 2.24) is 0 Å². The quantitative estimate of drug-likeness (QED) is 0.884. The van der Waals surface area contributed by atoms with Gasteiger partial charge in [0.25, 0.3) is 0 Å². The third kappa shape index (κ3) is 3.24. The second-order valence-corrected chi connectivity index (χ2v) is 7.91. The van der Waals surface area contributed by atoms with Crippen molar-refractivity contribution in [3.8, 4) is 0 Å². The van der Waals surface area contributed by atoms with Crippen LogP contribution >= 0.6 is 15.9 Å². The highest BCUT2D eigenvalue weighted by Gasteiger charge is 2.37. The molecule has 1 atom stereocenters. The maximum absolute atomic E-state index is 11.8. The van der Waals surface area contributed by atoms with E-state index in [1.165, 1.54) is 0 Å². The predicted octanol–water partition coefficient (Wildman–Crippen LogP) is 1.77. The monoisotopic (exact) mass is 332 g/mol. The summed E-state index contributed by atoms with van der Waals surface area (Å²) in [5.74, 6) is 0.392. The first-order valence-electron chi connectivity index (χ1n) is 5.89. The Morgan fingerprint density at radius 1 is 1.33 bits per heavy atom. The van der Waals surface area contributed by atoms with Gasteiger partial charge in [-0.25, -0.2) is 8.42 Å². The van der Waals surface area contributed by atoms with Crippen LogP contribution < -0.4 is 11.1 Å². The van der Waals surface area contributed by atoms with Crippen molar-refractivity contribution in [3.63, 3.8) is 0 Å². The van der Waals surface area contributed by atoms with Gasteiger partial charge in [-0.3, -0.25) is 0 Å². The van der Waals surface area contributed by atoms with Gasteiger partial charge in [-0.1, -0.05) is 15.9 Å². The topological polar surface area (TPSA) is 72.2 Å². The molecule has 4 nitrogen and oxygen atoms in total.